The van der Waals surface area contributed by atoms with Crippen LogP contribution in [0.5, 0.6) is 0 Å². The quantitative estimate of drug-likeness (QED) is 0.301. The first-order valence-electron chi connectivity index (χ1n) is 9.90. The molecule has 0 radical (unpaired) electrons. The van der Waals surface area contributed by atoms with Crippen LogP contribution in [-0.4, -0.2) is 34.0 Å². The van der Waals surface area contributed by atoms with E-state index in [0.29, 0.717) is 24.2 Å². The normalized spacial score (nSPS) is 10.4. The highest BCUT2D eigenvalue weighted by atomic mass is 33.1. The van der Waals surface area contributed by atoms with Gasteiger partial charge in [-0.1, -0.05) is 21.6 Å². The number of carboxylic acid groups (broad SMARTS) is 2. The molecule has 0 saturated heterocycles. The highest BCUT2D eigenvalue weighted by Crippen LogP contribution is 2.38. The maximum absolute atomic E-state index is 11.8. The number of hydrogen-bond acceptors (Lipinski definition) is 6. The minimum Gasteiger partial charge on any atom is -0.481 e. The topological polar surface area (TPSA) is 133 Å². The predicted octanol–water partition coefficient (Wildman–Crippen LogP) is 4.87. The maximum Gasteiger partial charge on any atom is 0.303 e. The average molecular weight is 477 g/mol. The van der Waals surface area contributed by atoms with E-state index in [1.807, 2.05) is 24.3 Å². The molecule has 0 spiro atoms. The van der Waals surface area contributed by atoms with Crippen LogP contribution in [0, 0.1) is 0 Å². The van der Waals surface area contributed by atoms with Crippen LogP contribution in [0.2, 0.25) is 0 Å². The van der Waals surface area contributed by atoms with Crippen LogP contribution in [0.15, 0.2) is 58.3 Å². The number of carboxylic acids is 2. The molecule has 4 N–H and O–H groups in total. The molecule has 0 heterocycles. The van der Waals surface area contributed by atoms with Crippen molar-refractivity contribution < 1.29 is 29.4 Å². The van der Waals surface area contributed by atoms with Crippen LogP contribution in [0.1, 0.15) is 38.5 Å². The van der Waals surface area contributed by atoms with Gasteiger partial charge in [0.2, 0.25) is 11.8 Å². The Morgan fingerprint density at radius 2 is 0.938 bits per heavy atom. The van der Waals surface area contributed by atoms with Gasteiger partial charge >= 0.3 is 11.9 Å². The highest BCUT2D eigenvalue weighted by molar-refractivity contribution is 8.76. The largest absolute Gasteiger partial charge is 0.481 e. The van der Waals surface area contributed by atoms with Gasteiger partial charge in [0.25, 0.3) is 0 Å². The predicted molar refractivity (Wildman–Crippen MR) is 125 cm³/mol. The number of hydrogen-bond donors (Lipinski definition) is 4. The second-order valence-corrected chi connectivity index (χ2v) is 9.08. The van der Waals surface area contributed by atoms with Gasteiger partial charge < -0.3 is 20.8 Å². The molecule has 2 aromatic rings. The zero-order valence-corrected chi connectivity index (χ0v) is 18.8. The second-order valence-electron chi connectivity index (χ2n) is 6.81. The van der Waals surface area contributed by atoms with Crippen molar-refractivity contribution in [3.05, 3.63) is 48.5 Å². The van der Waals surface area contributed by atoms with Gasteiger partial charge in [-0.25, -0.2) is 0 Å². The summed E-state index contributed by atoms with van der Waals surface area (Å²) in [6, 6.07) is 14.7. The molecule has 170 valence electrons. The average Bonchev–Trinajstić information content (AvgIpc) is 2.73. The van der Waals surface area contributed by atoms with Crippen molar-refractivity contribution in [1.29, 1.82) is 0 Å². The van der Waals surface area contributed by atoms with Gasteiger partial charge in [0.05, 0.1) is 0 Å². The fourth-order valence-corrected chi connectivity index (χ4v) is 4.46. The zero-order chi connectivity index (χ0) is 23.3. The van der Waals surface area contributed by atoms with E-state index in [1.54, 1.807) is 45.9 Å². The Kier molecular flexibility index (Phi) is 10.6. The van der Waals surface area contributed by atoms with E-state index in [0.717, 1.165) is 9.79 Å². The Bertz CT molecular complexity index is 855. The van der Waals surface area contributed by atoms with Gasteiger partial charge in [0.15, 0.2) is 0 Å². The van der Waals surface area contributed by atoms with E-state index in [2.05, 4.69) is 10.6 Å². The molecule has 0 aliphatic rings. The van der Waals surface area contributed by atoms with Crippen molar-refractivity contribution in [2.75, 3.05) is 10.6 Å². The lowest BCUT2D eigenvalue weighted by Gasteiger charge is -2.07. The lowest BCUT2D eigenvalue weighted by atomic mass is 10.2. The molecule has 0 saturated carbocycles. The summed E-state index contributed by atoms with van der Waals surface area (Å²) in [4.78, 5) is 46.6. The SMILES string of the molecule is O=C(O)CCCC(=O)Nc1ccc(SSc2ccc(NC(=O)CCCC(=O)O)cc2)cc1. The number of nitrogens with one attached hydrogen (secondary N) is 2. The van der Waals surface area contributed by atoms with Gasteiger partial charge in [-0.05, 0) is 61.4 Å². The summed E-state index contributed by atoms with van der Waals surface area (Å²) >= 11 is 0. The number of amides is 2. The summed E-state index contributed by atoms with van der Waals surface area (Å²) in [5, 5.41) is 22.7. The van der Waals surface area contributed by atoms with E-state index in [1.165, 1.54) is 0 Å². The van der Waals surface area contributed by atoms with Crippen LogP contribution in [0.3, 0.4) is 0 Å². The number of carbonyl (C=O) groups excluding carboxylic acids is 2. The van der Waals surface area contributed by atoms with Crippen molar-refractivity contribution >= 4 is 56.7 Å². The third-order valence-electron chi connectivity index (χ3n) is 4.10. The van der Waals surface area contributed by atoms with Crippen molar-refractivity contribution in [2.24, 2.45) is 0 Å². The monoisotopic (exact) mass is 476 g/mol. The lowest BCUT2D eigenvalue weighted by molar-refractivity contribution is -0.138. The Morgan fingerprint density at radius 3 is 1.25 bits per heavy atom. The van der Waals surface area contributed by atoms with Crippen molar-refractivity contribution in [3.8, 4) is 0 Å². The molecule has 32 heavy (non-hydrogen) atoms. The van der Waals surface area contributed by atoms with Gasteiger partial charge in [-0.3, -0.25) is 19.2 Å². The summed E-state index contributed by atoms with van der Waals surface area (Å²) < 4.78 is 0. The standard InChI is InChI=1S/C22H24N2O6S2/c25-19(3-1-5-21(27)28)23-15-7-11-17(12-8-15)31-32-18-13-9-16(10-14-18)24-20(26)4-2-6-22(29)30/h7-14H,1-6H2,(H,23,25)(H,24,26)(H,27,28)(H,29,30). The third kappa shape index (κ3) is 10.4. The van der Waals surface area contributed by atoms with E-state index in [-0.39, 0.29) is 37.5 Å². The fourth-order valence-electron chi connectivity index (χ4n) is 2.53. The van der Waals surface area contributed by atoms with Crippen molar-refractivity contribution in [2.45, 2.75) is 48.3 Å². The van der Waals surface area contributed by atoms with E-state index in [4.69, 9.17) is 10.2 Å². The molecular weight excluding hydrogens is 452 g/mol. The Morgan fingerprint density at radius 1 is 0.594 bits per heavy atom. The number of anilines is 2. The molecule has 0 aromatic heterocycles. The lowest BCUT2D eigenvalue weighted by Crippen LogP contribution is -2.11. The van der Waals surface area contributed by atoms with Crippen LogP contribution >= 0.6 is 21.6 Å². The molecule has 8 nitrogen and oxygen atoms in total. The Labute approximate surface area is 193 Å². The minimum atomic E-state index is -0.913. The smallest absolute Gasteiger partial charge is 0.303 e. The van der Waals surface area contributed by atoms with Crippen molar-refractivity contribution in [1.82, 2.24) is 0 Å². The molecular formula is C22H24N2O6S2. The molecule has 2 amide bonds. The maximum atomic E-state index is 11.8. The number of rotatable bonds is 13. The van der Waals surface area contributed by atoms with Crippen LogP contribution in [0.4, 0.5) is 11.4 Å². The van der Waals surface area contributed by atoms with E-state index >= 15 is 0 Å². The summed E-state index contributed by atoms with van der Waals surface area (Å²) in [7, 11) is 3.09. The van der Waals surface area contributed by atoms with Gasteiger partial charge in [-0.2, -0.15) is 0 Å². The number of carbonyl (C=O) groups is 4. The molecule has 0 unspecified atom stereocenters. The van der Waals surface area contributed by atoms with Gasteiger partial charge in [0, 0.05) is 46.8 Å². The van der Waals surface area contributed by atoms with Gasteiger partial charge in [0.1, 0.15) is 0 Å². The number of aliphatic carboxylic acids is 2. The first kappa shape index (κ1) is 25.3. The molecule has 0 bridgehead atoms. The first-order chi connectivity index (χ1) is 15.3. The fraction of sp³-hybridized carbons (Fsp3) is 0.273. The molecule has 10 heteroatoms. The number of benzene rings is 2. The van der Waals surface area contributed by atoms with E-state index in [9.17, 15) is 19.2 Å². The summed E-state index contributed by atoms with van der Waals surface area (Å²) in [5.74, 6) is -2.25. The third-order valence-corrected chi connectivity index (χ3v) is 6.52. The molecule has 0 atom stereocenters. The molecule has 2 aromatic carbocycles. The minimum absolute atomic E-state index is 0.0274. The Hall–Kier alpha value is -2.98. The zero-order valence-electron chi connectivity index (χ0n) is 17.2. The Balaban J connectivity index is 1.74. The van der Waals surface area contributed by atoms with E-state index < -0.39 is 11.9 Å². The van der Waals surface area contributed by atoms with Crippen LogP contribution in [-0.2, 0) is 19.2 Å². The molecule has 0 aliphatic carbocycles. The first-order valence-corrected chi connectivity index (χ1v) is 12.0. The summed E-state index contributed by atoms with van der Waals surface area (Å²) in [6.45, 7) is 0. The molecule has 2 rings (SSSR count). The highest BCUT2D eigenvalue weighted by Gasteiger charge is 2.07. The summed E-state index contributed by atoms with van der Waals surface area (Å²) in [5.41, 5.74) is 1.31. The van der Waals surface area contributed by atoms with Crippen LogP contribution < -0.4 is 10.6 Å². The molecule has 0 fully saturated rings. The van der Waals surface area contributed by atoms with Gasteiger partial charge in [-0.15, -0.1) is 0 Å². The molecule has 0 aliphatic heterocycles. The summed E-state index contributed by atoms with van der Waals surface area (Å²) in [6.07, 6.45) is 0.882. The second kappa shape index (κ2) is 13.4. The van der Waals surface area contributed by atoms with Crippen LogP contribution in [0.25, 0.3) is 0 Å². The van der Waals surface area contributed by atoms with Crippen molar-refractivity contribution in [3.63, 3.8) is 0 Å².